The summed E-state index contributed by atoms with van der Waals surface area (Å²) in [7, 11) is 0. The zero-order chi connectivity index (χ0) is 14.4. The van der Waals surface area contributed by atoms with Crippen LogP contribution in [0.4, 0.5) is 0 Å². The molecule has 0 spiro atoms. The second kappa shape index (κ2) is 7.49. The van der Waals surface area contributed by atoms with Gasteiger partial charge in [0.15, 0.2) is 5.11 Å². The van der Waals surface area contributed by atoms with Crippen LogP contribution in [-0.2, 0) is 0 Å². The molecule has 0 aromatic heterocycles. The summed E-state index contributed by atoms with van der Waals surface area (Å²) in [6, 6.07) is 9.42. The van der Waals surface area contributed by atoms with Gasteiger partial charge in [0.1, 0.15) is 0 Å². The molecule has 0 saturated carbocycles. The molecular formula is C16H26N2S. The molecule has 0 saturated heterocycles. The highest BCUT2D eigenvalue weighted by Gasteiger charge is 2.09. The van der Waals surface area contributed by atoms with Gasteiger partial charge in [0, 0.05) is 6.04 Å². The summed E-state index contributed by atoms with van der Waals surface area (Å²) < 4.78 is 0. The molecule has 1 aromatic carbocycles. The lowest BCUT2D eigenvalue weighted by Gasteiger charge is -2.19. The van der Waals surface area contributed by atoms with Crippen LogP contribution in [0.2, 0.25) is 0 Å². The Morgan fingerprint density at radius 1 is 1.00 bits per heavy atom. The van der Waals surface area contributed by atoms with Crippen molar-refractivity contribution in [3.63, 3.8) is 0 Å². The molecule has 2 atom stereocenters. The Labute approximate surface area is 123 Å². The fourth-order valence-electron chi connectivity index (χ4n) is 1.93. The third-order valence-corrected chi connectivity index (χ3v) is 3.62. The minimum absolute atomic E-state index is 0.227. The van der Waals surface area contributed by atoms with E-state index in [1.807, 2.05) is 0 Å². The van der Waals surface area contributed by atoms with Crippen molar-refractivity contribution in [3.8, 4) is 0 Å². The number of hydrogen-bond acceptors (Lipinski definition) is 1. The van der Waals surface area contributed by atoms with E-state index in [1.165, 1.54) is 17.5 Å². The van der Waals surface area contributed by atoms with Crippen LogP contribution in [0.25, 0.3) is 0 Å². The van der Waals surface area contributed by atoms with Crippen molar-refractivity contribution in [1.82, 2.24) is 10.6 Å². The van der Waals surface area contributed by atoms with Crippen LogP contribution < -0.4 is 10.6 Å². The summed E-state index contributed by atoms with van der Waals surface area (Å²) in [4.78, 5) is 0. The average Bonchev–Trinajstić information content (AvgIpc) is 2.36. The molecular weight excluding hydrogens is 252 g/mol. The Morgan fingerprint density at radius 3 is 2.00 bits per heavy atom. The third kappa shape index (κ3) is 5.19. The van der Waals surface area contributed by atoms with Crippen LogP contribution in [0.5, 0.6) is 0 Å². The van der Waals surface area contributed by atoms with Gasteiger partial charge in [-0.25, -0.2) is 0 Å². The molecule has 3 heteroatoms. The van der Waals surface area contributed by atoms with Gasteiger partial charge in [-0.05, 0) is 56.5 Å². The Morgan fingerprint density at radius 2 is 1.53 bits per heavy atom. The summed E-state index contributed by atoms with van der Waals surface area (Å²) in [6.45, 7) is 10.8. The van der Waals surface area contributed by atoms with E-state index < -0.39 is 0 Å². The Bertz CT molecular complexity index is 398. The molecule has 0 amide bonds. The van der Waals surface area contributed by atoms with Gasteiger partial charge in [-0.15, -0.1) is 0 Å². The van der Waals surface area contributed by atoms with Crippen LogP contribution in [-0.4, -0.2) is 11.2 Å². The number of thiocarbonyl (C=S) groups is 1. The second-order valence-corrected chi connectivity index (χ2v) is 5.88. The lowest BCUT2D eigenvalue weighted by Crippen LogP contribution is -2.40. The molecule has 0 aliphatic rings. The highest BCUT2D eigenvalue weighted by Crippen LogP contribution is 2.21. The van der Waals surface area contributed by atoms with E-state index in [0.29, 0.717) is 17.1 Å². The zero-order valence-corrected chi connectivity index (χ0v) is 13.5. The van der Waals surface area contributed by atoms with Crippen molar-refractivity contribution < 1.29 is 0 Å². The van der Waals surface area contributed by atoms with E-state index in [0.717, 1.165) is 0 Å². The molecule has 0 aliphatic heterocycles. The van der Waals surface area contributed by atoms with Crippen LogP contribution in [0.3, 0.4) is 0 Å². The maximum absolute atomic E-state index is 5.27. The van der Waals surface area contributed by atoms with E-state index in [9.17, 15) is 0 Å². The van der Waals surface area contributed by atoms with Crippen molar-refractivity contribution in [1.29, 1.82) is 0 Å². The number of hydrogen-bond donors (Lipinski definition) is 2. The Kier molecular flexibility index (Phi) is 6.29. The largest absolute Gasteiger partial charge is 0.361 e. The molecule has 2 N–H and O–H groups in total. The van der Waals surface area contributed by atoms with Crippen LogP contribution in [0, 0.1) is 0 Å². The average molecular weight is 278 g/mol. The maximum Gasteiger partial charge on any atom is 0.166 e. The normalized spacial score (nSPS) is 14.0. The highest BCUT2D eigenvalue weighted by atomic mass is 32.1. The predicted molar refractivity (Wildman–Crippen MR) is 87.6 cm³/mol. The highest BCUT2D eigenvalue weighted by molar-refractivity contribution is 7.80. The molecule has 0 radical (unpaired) electrons. The van der Waals surface area contributed by atoms with Crippen molar-refractivity contribution in [2.45, 2.75) is 59.0 Å². The van der Waals surface area contributed by atoms with Crippen molar-refractivity contribution in [2.24, 2.45) is 0 Å². The fourth-order valence-corrected chi connectivity index (χ4v) is 2.35. The van der Waals surface area contributed by atoms with Crippen LogP contribution in [0.1, 0.15) is 64.1 Å². The van der Waals surface area contributed by atoms with Crippen LogP contribution in [0.15, 0.2) is 24.3 Å². The Balaban J connectivity index is 2.62. The number of rotatable bonds is 5. The molecule has 2 nitrogen and oxygen atoms in total. The van der Waals surface area contributed by atoms with Gasteiger partial charge < -0.3 is 10.6 Å². The summed E-state index contributed by atoms with van der Waals surface area (Å²) in [5.41, 5.74) is 2.67. The van der Waals surface area contributed by atoms with Crippen molar-refractivity contribution in [2.75, 3.05) is 0 Å². The number of nitrogens with one attached hydrogen (secondary N) is 2. The Hall–Kier alpha value is -1.09. The SMILES string of the molecule is CCC(C)c1ccc(C(C)NC(=S)NC(C)C)cc1. The standard InChI is InChI=1S/C16H26N2S/c1-6-12(4)14-7-9-15(10-8-14)13(5)18-16(19)17-11(2)3/h7-13H,6H2,1-5H3,(H2,17,18,19). The zero-order valence-electron chi connectivity index (χ0n) is 12.7. The predicted octanol–water partition coefficient (Wildman–Crippen LogP) is 4.13. The topological polar surface area (TPSA) is 24.1 Å². The van der Waals surface area contributed by atoms with Crippen molar-refractivity contribution in [3.05, 3.63) is 35.4 Å². The van der Waals surface area contributed by atoms with E-state index in [4.69, 9.17) is 12.2 Å². The van der Waals surface area contributed by atoms with Gasteiger partial charge in [-0.2, -0.15) is 0 Å². The fraction of sp³-hybridized carbons (Fsp3) is 0.562. The summed E-state index contributed by atoms with van der Waals surface area (Å²) in [6.07, 6.45) is 1.18. The van der Waals surface area contributed by atoms with E-state index in [2.05, 4.69) is 69.5 Å². The third-order valence-electron chi connectivity index (χ3n) is 3.39. The lowest BCUT2D eigenvalue weighted by molar-refractivity contribution is 0.662. The van der Waals surface area contributed by atoms with Gasteiger partial charge in [0.05, 0.1) is 6.04 Å². The molecule has 19 heavy (non-hydrogen) atoms. The smallest absolute Gasteiger partial charge is 0.166 e. The minimum atomic E-state index is 0.227. The van der Waals surface area contributed by atoms with Gasteiger partial charge >= 0.3 is 0 Å². The molecule has 0 aliphatic carbocycles. The van der Waals surface area contributed by atoms with Gasteiger partial charge in [0.25, 0.3) is 0 Å². The molecule has 2 unspecified atom stereocenters. The summed E-state index contributed by atoms with van der Waals surface area (Å²) in [5.74, 6) is 0.626. The first-order valence-corrected chi connectivity index (χ1v) is 7.51. The summed E-state index contributed by atoms with van der Waals surface area (Å²) in [5, 5.41) is 7.23. The van der Waals surface area contributed by atoms with Gasteiger partial charge in [0.2, 0.25) is 0 Å². The summed E-state index contributed by atoms with van der Waals surface area (Å²) >= 11 is 5.27. The molecule has 106 valence electrons. The molecule has 1 aromatic rings. The minimum Gasteiger partial charge on any atom is -0.361 e. The molecule has 0 heterocycles. The van der Waals surface area contributed by atoms with Gasteiger partial charge in [-0.3, -0.25) is 0 Å². The first kappa shape index (κ1) is 16.0. The van der Waals surface area contributed by atoms with Crippen LogP contribution >= 0.6 is 12.2 Å². The van der Waals surface area contributed by atoms with Crippen molar-refractivity contribution >= 4 is 17.3 Å². The maximum atomic E-state index is 5.27. The van der Waals surface area contributed by atoms with Gasteiger partial charge in [-0.1, -0.05) is 38.1 Å². The molecule has 0 bridgehead atoms. The monoisotopic (exact) mass is 278 g/mol. The van der Waals surface area contributed by atoms with E-state index in [1.54, 1.807) is 0 Å². The lowest BCUT2D eigenvalue weighted by atomic mass is 9.96. The molecule has 1 rings (SSSR count). The first-order valence-electron chi connectivity index (χ1n) is 7.10. The second-order valence-electron chi connectivity index (χ2n) is 5.47. The van der Waals surface area contributed by atoms with E-state index in [-0.39, 0.29) is 6.04 Å². The quantitative estimate of drug-likeness (QED) is 0.792. The number of benzene rings is 1. The first-order chi connectivity index (χ1) is 8.93. The van der Waals surface area contributed by atoms with E-state index >= 15 is 0 Å². The molecule has 0 fully saturated rings.